The fraction of sp³-hybridized carbons (Fsp3) is 0.143. The van der Waals surface area contributed by atoms with Crippen molar-refractivity contribution in [2.75, 3.05) is 18.4 Å². The van der Waals surface area contributed by atoms with Gasteiger partial charge in [-0.15, -0.1) is 24.8 Å². The second-order valence-corrected chi connectivity index (χ2v) is 5.59. The van der Waals surface area contributed by atoms with Gasteiger partial charge in [0.25, 0.3) is 0 Å². The third-order valence-corrected chi connectivity index (χ3v) is 4.05. The summed E-state index contributed by atoms with van der Waals surface area (Å²) < 4.78 is 1.11. The minimum Gasteiger partial charge on any atom is -0.368 e. The molecule has 0 saturated carbocycles. The molecule has 0 amide bonds. The third-order valence-electron chi connectivity index (χ3n) is 3.12. The first-order chi connectivity index (χ1) is 10.4. The maximum absolute atomic E-state index is 4.54. The van der Waals surface area contributed by atoms with Gasteiger partial charge in [-0.1, -0.05) is 11.3 Å². The van der Waals surface area contributed by atoms with E-state index in [9.17, 15) is 0 Å². The van der Waals surface area contributed by atoms with Gasteiger partial charge in [0.2, 0.25) is 5.95 Å². The normalized spacial score (nSPS) is 12.8. The number of hydrogen-bond acceptors (Lipinski definition) is 7. The summed E-state index contributed by atoms with van der Waals surface area (Å²) in [5.74, 6) is 1.52. The second-order valence-electron chi connectivity index (χ2n) is 4.56. The van der Waals surface area contributed by atoms with E-state index in [1.165, 1.54) is 0 Å². The summed E-state index contributed by atoms with van der Waals surface area (Å²) in [6, 6.07) is 7.95. The molecular formula is C14H14Cl2N6S. The number of amidine groups is 1. The smallest absolute Gasteiger partial charge is 0.228 e. The zero-order valence-electron chi connectivity index (χ0n) is 11.9. The monoisotopic (exact) mass is 368 g/mol. The molecular weight excluding hydrogens is 355 g/mol. The Labute approximate surface area is 149 Å². The van der Waals surface area contributed by atoms with Crippen LogP contribution in [0.3, 0.4) is 0 Å². The van der Waals surface area contributed by atoms with Crippen molar-refractivity contribution in [1.29, 1.82) is 0 Å². The van der Waals surface area contributed by atoms with E-state index in [0.717, 1.165) is 39.8 Å². The van der Waals surface area contributed by atoms with Gasteiger partial charge in [-0.25, -0.2) is 15.0 Å². The topological polar surface area (TPSA) is 75.1 Å². The number of anilines is 2. The van der Waals surface area contributed by atoms with Gasteiger partial charge < -0.3 is 10.6 Å². The molecule has 0 unspecified atom stereocenters. The van der Waals surface area contributed by atoms with Gasteiger partial charge in [0.15, 0.2) is 5.13 Å². The van der Waals surface area contributed by atoms with Crippen molar-refractivity contribution in [1.82, 2.24) is 20.3 Å². The van der Waals surface area contributed by atoms with Gasteiger partial charge in [-0.05, 0) is 24.3 Å². The maximum Gasteiger partial charge on any atom is 0.228 e. The number of benzene rings is 1. The molecule has 0 fully saturated rings. The Hall–Kier alpha value is -1.96. The molecule has 1 aliphatic rings. The first-order valence-electron chi connectivity index (χ1n) is 6.62. The molecule has 0 saturated heterocycles. The largest absolute Gasteiger partial charge is 0.368 e. The summed E-state index contributed by atoms with van der Waals surface area (Å²) in [6.45, 7) is 1.75. The molecule has 23 heavy (non-hydrogen) atoms. The highest BCUT2D eigenvalue weighted by atomic mass is 35.5. The number of rotatable bonds is 3. The highest BCUT2D eigenvalue weighted by molar-refractivity contribution is 7.22. The number of nitrogens with zero attached hydrogens (tertiary/aromatic N) is 4. The van der Waals surface area contributed by atoms with E-state index in [2.05, 4.69) is 36.6 Å². The Morgan fingerprint density at radius 1 is 1.13 bits per heavy atom. The maximum atomic E-state index is 4.54. The Balaban J connectivity index is 0.000000960. The Kier molecular flexibility index (Phi) is 5.70. The molecule has 9 heteroatoms. The Morgan fingerprint density at radius 2 is 1.96 bits per heavy atom. The van der Waals surface area contributed by atoms with Crippen LogP contribution in [0.5, 0.6) is 0 Å². The van der Waals surface area contributed by atoms with Crippen molar-refractivity contribution >= 4 is 63.3 Å². The quantitative estimate of drug-likeness (QED) is 0.742. The molecule has 1 aliphatic heterocycles. The van der Waals surface area contributed by atoms with Crippen LogP contribution in [-0.4, -0.2) is 33.9 Å². The van der Waals surface area contributed by atoms with E-state index in [1.54, 1.807) is 29.8 Å². The second kappa shape index (κ2) is 7.54. The van der Waals surface area contributed by atoms with E-state index < -0.39 is 0 Å². The standard InChI is InChI=1S/C14H12N6S.2ClH/c1-4-17-13(18-5-1)20-14-19-10-3-2-9(8-11(10)21-14)12-15-6-7-16-12;;/h1-5,8H,6-7H2,(H,15,16)(H,17,18,19,20);2*1H. The summed E-state index contributed by atoms with van der Waals surface area (Å²) in [6.07, 6.45) is 3.40. The lowest BCUT2D eigenvalue weighted by Crippen LogP contribution is -2.19. The molecule has 0 radical (unpaired) electrons. The van der Waals surface area contributed by atoms with Crippen molar-refractivity contribution in [2.24, 2.45) is 4.99 Å². The summed E-state index contributed by atoms with van der Waals surface area (Å²) in [5, 5.41) is 7.19. The fourth-order valence-corrected chi connectivity index (χ4v) is 3.07. The minimum atomic E-state index is 0. The summed E-state index contributed by atoms with van der Waals surface area (Å²) in [4.78, 5) is 17.3. The number of hydrogen-bond donors (Lipinski definition) is 2. The van der Waals surface area contributed by atoms with Crippen molar-refractivity contribution in [3.63, 3.8) is 0 Å². The molecule has 0 bridgehead atoms. The van der Waals surface area contributed by atoms with Crippen molar-refractivity contribution in [3.8, 4) is 0 Å². The van der Waals surface area contributed by atoms with Crippen LogP contribution in [0.1, 0.15) is 5.56 Å². The van der Waals surface area contributed by atoms with Crippen molar-refractivity contribution in [2.45, 2.75) is 0 Å². The average molecular weight is 369 g/mol. The van der Waals surface area contributed by atoms with E-state index in [1.807, 2.05) is 12.1 Å². The average Bonchev–Trinajstić information content (AvgIpc) is 3.16. The lowest BCUT2D eigenvalue weighted by molar-refractivity contribution is 0.960. The van der Waals surface area contributed by atoms with Gasteiger partial charge in [-0.2, -0.15) is 0 Å². The van der Waals surface area contributed by atoms with E-state index in [4.69, 9.17) is 0 Å². The number of aromatic nitrogens is 3. The first-order valence-corrected chi connectivity index (χ1v) is 7.43. The molecule has 2 aromatic heterocycles. The van der Waals surface area contributed by atoms with Gasteiger partial charge in [-0.3, -0.25) is 4.99 Å². The molecule has 1 aromatic carbocycles. The number of nitrogens with one attached hydrogen (secondary N) is 2. The van der Waals surface area contributed by atoms with E-state index in [0.29, 0.717) is 5.95 Å². The van der Waals surface area contributed by atoms with Crippen molar-refractivity contribution < 1.29 is 0 Å². The first kappa shape index (κ1) is 17.4. The van der Waals surface area contributed by atoms with E-state index >= 15 is 0 Å². The van der Waals surface area contributed by atoms with Crippen LogP contribution in [0.2, 0.25) is 0 Å². The molecule has 3 heterocycles. The lowest BCUT2D eigenvalue weighted by Gasteiger charge is -2.01. The molecule has 0 spiro atoms. The summed E-state index contributed by atoms with van der Waals surface area (Å²) in [7, 11) is 0. The lowest BCUT2D eigenvalue weighted by atomic mass is 10.2. The molecule has 0 atom stereocenters. The van der Waals surface area contributed by atoms with E-state index in [-0.39, 0.29) is 24.8 Å². The van der Waals surface area contributed by atoms with Crippen LogP contribution >= 0.6 is 36.2 Å². The molecule has 2 N–H and O–H groups in total. The van der Waals surface area contributed by atoms with Crippen LogP contribution < -0.4 is 10.6 Å². The van der Waals surface area contributed by atoms with Crippen LogP contribution in [0.15, 0.2) is 41.7 Å². The predicted molar refractivity (Wildman–Crippen MR) is 98.8 cm³/mol. The fourth-order valence-electron chi connectivity index (χ4n) is 2.18. The Bertz CT molecular complexity index is 821. The zero-order valence-corrected chi connectivity index (χ0v) is 14.3. The van der Waals surface area contributed by atoms with Crippen molar-refractivity contribution in [3.05, 3.63) is 42.2 Å². The van der Waals surface area contributed by atoms with Gasteiger partial charge in [0.05, 0.1) is 16.8 Å². The zero-order chi connectivity index (χ0) is 14.1. The van der Waals surface area contributed by atoms with Gasteiger partial charge in [0.1, 0.15) is 5.84 Å². The van der Waals surface area contributed by atoms with Crippen LogP contribution in [0, 0.1) is 0 Å². The number of thiazole rings is 1. The molecule has 0 aliphatic carbocycles. The summed E-state index contributed by atoms with van der Waals surface area (Å²) in [5.41, 5.74) is 2.06. The number of halogens is 2. The minimum absolute atomic E-state index is 0. The summed E-state index contributed by atoms with van der Waals surface area (Å²) >= 11 is 1.58. The highest BCUT2D eigenvalue weighted by Crippen LogP contribution is 2.28. The van der Waals surface area contributed by atoms with Crippen LogP contribution in [0.25, 0.3) is 10.2 Å². The van der Waals surface area contributed by atoms with Gasteiger partial charge in [0, 0.05) is 24.5 Å². The molecule has 120 valence electrons. The molecule has 3 aromatic rings. The predicted octanol–water partition coefficient (Wildman–Crippen LogP) is 3.02. The molecule has 4 rings (SSSR count). The van der Waals surface area contributed by atoms with Crippen LogP contribution in [0.4, 0.5) is 11.1 Å². The van der Waals surface area contributed by atoms with Gasteiger partial charge >= 0.3 is 0 Å². The number of aliphatic imine (C=N–C) groups is 1. The third kappa shape index (κ3) is 3.69. The van der Waals surface area contributed by atoms with Crippen LogP contribution in [-0.2, 0) is 0 Å². The highest BCUT2D eigenvalue weighted by Gasteiger charge is 2.11. The Morgan fingerprint density at radius 3 is 2.70 bits per heavy atom. The number of fused-ring (bicyclic) bond motifs is 1. The SMILES string of the molecule is Cl.Cl.c1cnc(Nc2nc3ccc(C4=NCCN4)cc3s2)nc1. The molecule has 6 nitrogen and oxygen atoms in total.